The molecule has 1 saturated heterocycles. The van der Waals surface area contributed by atoms with Crippen LogP contribution in [-0.4, -0.2) is 51.3 Å². The predicted octanol–water partition coefficient (Wildman–Crippen LogP) is 3.75. The Hall–Kier alpha value is -2.80. The summed E-state index contributed by atoms with van der Waals surface area (Å²) in [7, 11) is 0. The molecule has 7 heteroatoms. The molecular weight excluding hydrogens is 379 g/mol. The Balaban J connectivity index is 1.46. The fourth-order valence-corrected chi connectivity index (χ4v) is 4.26. The second kappa shape index (κ2) is 8.92. The van der Waals surface area contributed by atoms with Crippen molar-refractivity contribution in [2.24, 2.45) is 0 Å². The van der Waals surface area contributed by atoms with E-state index in [1.54, 1.807) is 12.1 Å². The van der Waals surface area contributed by atoms with Gasteiger partial charge in [-0.25, -0.2) is 9.07 Å². The smallest absolute Gasteiger partial charge is 0.168 e. The van der Waals surface area contributed by atoms with Gasteiger partial charge in [-0.15, -0.1) is 5.10 Å². The molecule has 158 valence electrons. The first-order valence-electron chi connectivity index (χ1n) is 10.6. The van der Waals surface area contributed by atoms with Crippen molar-refractivity contribution in [2.45, 2.75) is 39.8 Å². The van der Waals surface area contributed by atoms with Gasteiger partial charge in [-0.2, -0.15) is 0 Å². The predicted molar refractivity (Wildman–Crippen MR) is 116 cm³/mol. The van der Waals surface area contributed by atoms with Gasteiger partial charge in [0.2, 0.25) is 0 Å². The van der Waals surface area contributed by atoms with E-state index in [1.807, 2.05) is 4.68 Å². The van der Waals surface area contributed by atoms with Crippen LogP contribution in [0.1, 0.15) is 41.9 Å². The molecule has 1 atom stereocenters. The molecule has 0 N–H and O–H groups in total. The number of anilines is 1. The number of piperazine rings is 1. The second-order valence-corrected chi connectivity index (χ2v) is 8.06. The molecule has 2 heterocycles. The lowest BCUT2D eigenvalue weighted by Gasteiger charge is -2.40. The molecule has 0 aliphatic carbocycles. The molecule has 30 heavy (non-hydrogen) atoms. The van der Waals surface area contributed by atoms with Crippen LogP contribution in [0.5, 0.6) is 0 Å². The van der Waals surface area contributed by atoms with Gasteiger partial charge in [0.05, 0.1) is 12.6 Å². The van der Waals surface area contributed by atoms with E-state index in [-0.39, 0.29) is 11.9 Å². The summed E-state index contributed by atoms with van der Waals surface area (Å²) >= 11 is 0. The third-order valence-electron chi connectivity index (χ3n) is 5.95. The zero-order valence-corrected chi connectivity index (χ0v) is 17.9. The molecule has 0 amide bonds. The minimum absolute atomic E-state index is 0.168. The van der Waals surface area contributed by atoms with E-state index < -0.39 is 0 Å². The van der Waals surface area contributed by atoms with Gasteiger partial charge in [0.25, 0.3) is 0 Å². The third kappa shape index (κ3) is 4.36. The molecule has 1 fully saturated rings. The molecule has 3 aromatic rings. The average Bonchev–Trinajstić information content (AvgIpc) is 3.20. The largest absolute Gasteiger partial charge is 0.369 e. The van der Waals surface area contributed by atoms with Crippen LogP contribution in [-0.2, 0) is 6.54 Å². The van der Waals surface area contributed by atoms with E-state index in [0.29, 0.717) is 6.54 Å². The highest BCUT2D eigenvalue weighted by molar-refractivity contribution is 5.55. The van der Waals surface area contributed by atoms with Crippen molar-refractivity contribution in [3.05, 3.63) is 70.8 Å². The van der Waals surface area contributed by atoms with Crippen LogP contribution in [0.4, 0.5) is 10.1 Å². The number of nitrogens with zero attached hydrogens (tertiary/aromatic N) is 6. The summed E-state index contributed by atoms with van der Waals surface area (Å²) in [5.74, 6) is 0.644. The topological polar surface area (TPSA) is 50.1 Å². The molecule has 0 saturated carbocycles. The van der Waals surface area contributed by atoms with Crippen LogP contribution < -0.4 is 4.90 Å². The van der Waals surface area contributed by atoms with Crippen molar-refractivity contribution in [3.8, 4) is 0 Å². The van der Waals surface area contributed by atoms with Gasteiger partial charge < -0.3 is 4.90 Å². The number of tetrazole rings is 1. The normalized spacial score (nSPS) is 16.1. The van der Waals surface area contributed by atoms with Crippen LogP contribution in [0.2, 0.25) is 0 Å². The fraction of sp³-hybridized carbons (Fsp3) is 0.435. The maximum absolute atomic E-state index is 13.2. The maximum atomic E-state index is 13.2. The Labute approximate surface area is 177 Å². The Morgan fingerprint density at radius 1 is 1.00 bits per heavy atom. The van der Waals surface area contributed by atoms with E-state index in [9.17, 15) is 4.39 Å². The van der Waals surface area contributed by atoms with Gasteiger partial charge in [0.15, 0.2) is 5.82 Å². The van der Waals surface area contributed by atoms with Crippen molar-refractivity contribution in [2.75, 3.05) is 31.1 Å². The first-order chi connectivity index (χ1) is 14.5. The Morgan fingerprint density at radius 2 is 1.73 bits per heavy atom. The molecule has 2 aromatic carbocycles. The van der Waals surface area contributed by atoms with E-state index in [0.717, 1.165) is 44.0 Å². The molecule has 1 aliphatic heterocycles. The van der Waals surface area contributed by atoms with Crippen LogP contribution >= 0.6 is 0 Å². The van der Waals surface area contributed by atoms with Gasteiger partial charge in [-0.3, -0.25) is 4.90 Å². The molecule has 1 aliphatic rings. The minimum Gasteiger partial charge on any atom is -0.369 e. The molecule has 4 rings (SSSR count). The van der Waals surface area contributed by atoms with E-state index in [4.69, 9.17) is 0 Å². The van der Waals surface area contributed by atoms with Gasteiger partial charge >= 0.3 is 0 Å². The zero-order chi connectivity index (χ0) is 21.1. The summed E-state index contributed by atoms with van der Waals surface area (Å²) in [6, 6.07) is 13.3. The first kappa shape index (κ1) is 20.5. The molecule has 0 radical (unpaired) electrons. The van der Waals surface area contributed by atoms with E-state index >= 15 is 0 Å². The number of benzene rings is 2. The third-order valence-corrected chi connectivity index (χ3v) is 5.95. The zero-order valence-electron chi connectivity index (χ0n) is 17.9. The summed E-state index contributed by atoms with van der Waals surface area (Å²) in [6.45, 7) is 11.0. The highest BCUT2D eigenvalue weighted by Gasteiger charge is 2.28. The number of aryl methyl sites for hydroxylation is 2. The van der Waals surface area contributed by atoms with Crippen molar-refractivity contribution in [3.63, 3.8) is 0 Å². The van der Waals surface area contributed by atoms with Crippen LogP contribution in [0.3, 0.4) is 0 Å². The van der Waals surface area contributed by atoms with Crippen molar-refractivity contribution >= 4 is 5.69 Å². The van der Waals surface area contributed by atoms with Gasteiger partial charge in [-0.05, 0) is 65.6 Å². The summed E-state index contributed by atoms with van der Waals surface area (Å²) in [5.41, 5.74) is 4.94. The van der Waals surface area contributed by atoms with Gasteiger partial charge in [0, 0.05) is 31.9 Å². The van der Waals surface area contributed by atoms with Crippen molar-refractivity contribution < 1.29 is 4.39 Å². The first-order valence-corrected chi connectivity index (χ1v) is 10.6. The van der Waals surface area contributed by atoms with E-state index in [2.05, 4.69) is 64.3 Å². The minimum atomic E-state index is -0.233. The summed E-state index contributed by atoms with van der Waals surface area (Å²) in [6.07, 6.45) is 0.938. The summed E-state index contributed by atoms with van der Waals surface area (Å²) in [4.78, 5) is 4.96. The van der Waals surface area contributed by atoms with Crippen LogP contribution in [0, 0.1) is 19.7 Å². The fourth-order valence-electron chi connectivity index (χ4n) is 4.26. The quantitative estimate of drug-likeness (QED) is 0.622. The molecule has 0 unspecified atom stereocenters. The number of rotatable bonds is 6. The number of hydrogen-bond acceptors (Lipinski definition) is 5. The van der Waals surface area contributed by atoms with Crippen molar-refractivity contribution in [1.29, 1.82) is 0 Å². The average molecular weight is 409 g/mol. The SMILES string of the molecule is CC[C@H](c1nnnn1Cc1ccc(F)cc1)N1CCN(c2cc(C)ccc2C)CC1. The Morgan fingerprint density at radius 3 is 2.43 bits per heavy atom. The maximum Gasteiger partial charge on any atom is 0.168 e. The van der Waals surface area contributed by atoms with Gasteiger partial charge in [0.1, 0.15) is 5.82 Å². The number of aromatic nitrogens is 4. The Kier molecular flexibility index (Phi) is 6.08. The summed E-state index contributed by atoms with van der Waals surface area (Å²) in [5, 5.41) is 12.5. The van der Waals surface area contributed by atoms with E-state index in [1.165, 1.54) is 28.9 Å². The number of hydrogen-bond donors (Lipinski definition) is 0. The van der Waals surface area contributed by atoms with Crippen LogP contribution in [0.15, 0.2) is 42.5 Å². The highest BCUT2D eigenvalue weighted by atomic mass is 19.1. The van der Waals surface area contributed by atoms with Gasteiger partial charge in [-0.1, -0.05) is 31.2 Å². The molecular formula is C23H29FN6. The monoisotopic (exact) mass is 408 g/mol. The molecule has 0 bridgehead atoms. The van der Waals surface area contributed by atoms with Crippen LogP contribution in [0.25, 0.3) is 0 Å². The Bertz CT molecular complexity index is 976. The molecule has 6 nitrogen and oxygen atoms in total. The lowest BCUT2D eigenvalue weighted by molar-refractivity contribution is 0.169. The number of halogens is 1. The van der Waals surface area contributed by atoms with Crippen molar-refractivity contribution in [1.82, 2.24) is 25.1 Å². The lowest BCUT2D eigenvalue weighted by Crippen LogP contribution is -2.48. The second-order valence-electron chi connectivity index (χ2n) is 8.06. The summed E-state index contributed by atoms with van der Waals surface area (Å²) < 4.78 is 15.1. The molecule has 0 spiro atoms. The standard InChI is InChI=1S/C23H29FN6/c1-4-21(23-25-26-27-30(23)16-19-7-9-20(24)10-8-19)28-11-13-29(14-12-28)22-15-17(2)5-6-18(22)3/h5-10,15,21H,4,11-14,16H2,1-3H3/t21-/m1/s1. The molecule has 1 aromatic heterocycles. The highest BCUT2D eigenvalue weighted by Crippen LogP contribution is 2.27. The lowest BCUT2D eigenvalue weighted by atomic mass is 10.1.